The summed E-state index contributed by atoms with van der Waals surface area (Å²) in [7, 11) is 2.14. The molecule has 1 aliphatic heterocycles. The van der Waals surface area contributed by atoms with E-state index in [1.165, 1.54) is 16.3 Å². The van der Waals surface area contributed by atoms with Crippen molar-refractivity contribution in [2.45, 2.75) is 25.3 Å². The largest absolute Gasteiger partial charge is 0.354 e. The van der Waals surface area contributed by atoms with Gasteiger partial charge in [0.15, 0.2) is 0 Å². The van der Waals surface area contributed by atoms with Gasteiger partial charge in [-0.05, 0) is 54.8 Å². The lowest BCUT2D eigenvalue weighted by Crippen LogP contribution is -2.45. The standard InChI is InChI=1S/C25H28N4O/c1-18-10-11-22(29-16-14-28(2)15-17-29)26-23(18)24(30)27-25(12-13-25)21-9-5-7-19-6-3-4-8-20(19)21/h3-11H,12-17H2,1-2H3,(H,27,30). The highest BCUT2D eigenvalue weighted by Crippen LogP contribution is 2.48. The van der Waals surface area contributed by atoms with Crippen molar-refractivity contribution in [1.82, 2.24) is 15.2 Å². The second-order valence-corrected chi connectivity index (χ2v) is 8.69. The number of carbonyl (C=O) groups excluding carboxylic acids is 1. The minimum absolute atomic E-state index is 0.0751. The van der Waals surface area contributed by atoms with Crippen LogP contribution in [0, 0.1) is 6.92 Å². The maximum absolute atomic E-state index is 13.3. The number of benzene rings is 2. The Morgan fingerprint density at radius 2 is 1.70 bits per heavy atom. The number of anilines is 1. The molecular weight excluding hydrogens is 372 g/mol. The molecule has 5 rings (SSSR count). The van der Waals surface area contributed by atoms with Gasteiger partial charge in [-0.1, -0.05) is 48.5 Å². The molecule has 1 aromatic heterocycles. The molecule has 1 saturated carbocycles. The van der Waals surface area contributed by atoms with E-state index in [9.17, 15) is 4.79 Å². The van der Waals surface area contributed by atoms with Crippen LogP contribution in [0.3, 0.4) is 0 Å². The molecule has 1 N–H and O–H groups in total. The maximum atomic E-state index is 13.3. The smallest absolute Gasteiger partial charge is 0.270 e. The average Bonchev–Trinajstić information content (AvgIpc) is 3.54. The van der Waals surface area contributed by atoms with E-state index >= 15 is 0 Å². The topological polar surface area (TPSA) is 48.5 Å². The van der Waals surface area contributed by atoms with Gasteiger partial charge in [0, 0.05) is 26.2 Å². The van der Waals surface area contributed by atoms with E-state index in [2.05, 4.69) is 64.6 Å². The molecule has 2 aliphatic rings. The molecule has 2 fully saturated rings. The first kappa shape index (κ1) is 19.1. The zero-order valence-corrected chi connectivity index (χ0v) is 17.7. The number of likely N-dealkylation sites (N-methyl/N-ethyl adjacent to an activating group) is 1. The predicted molar refractivity (Wildman–Crippen MR) is 121 cm³/mol. The Balaban J connectivity index is 1.42. The van der Waals surface area contributed by atoms with Gasteiger partial charge < -0.3 is 15.1 Å². The molecule has 1 saturated heterocycles. The van der Waals surface area contributed by atoms with Crippen molar-refractivity contribution in [3.8, 4) is 0 Å². The summed E-state index contributed by atoms with van der Waals surface area (Å²) in [6, 6.07) is 18.8. The van der Waals surface area contributed by atoms with Crippen LogP contribution in [0.5, 0.6) is 0 Å². The molecule has 1 aliphatic carbocycles. The lowest BCUT2D eigenvalue weighted by Gasteiger charge is -2.33. The number of carbonyl (C=O) groups is 1. The van der Waals surface area contributed by atoms with Crippen molar-refractivity contribution in [2.75, 3.05) is 38.1 Å². The van der Waals surface area contributed by atoms with Crippen molar-refractivity contribution in [1.29, 1.82) is 0 Å². The lowest BCUT2D eigenvalue weighted by atomic mass is 9.96. The molecule has 30 heavy (non-hydrogen) atoms. The quantitative estimate of drug-likeness (QED) is 0.725. The fourth-order valence-corrected chi connectivity index (χ4v) is 4.47. The van der Waals surface area contributed by atoms with Gasteiger partial charge in [-0.25, -0.2) is 4.98 Å². The highest BCUT2D eigenvalue weighted by atomic mass is 16.2. The summed E-state index contributed by atoms with van der Waals surface area (Å²) in [6.07, 6.45) is 1.92. The molecule has 0 spiro atoms. The van der Waals surface area contributed by atoms with Crippen molar-refractivity contribution >= 4 is 22.5 Å². The molecule has 0 unspecified atom stereocenters. The first-order chi connectivity index (χ1) is 14.6. The van der Waals surface area contributed by atoms with Crippen LogP contribution in [0.4, 0.5) is 5.82 Å². The van der Waals surface area contributed by atoms with E-state index in [0.29, 0.717) is 5.69 Å². The molecule has 5 nitrogen and oxygen atoms in total. The molecule has 154 valence electrons. The summed E-state index contributed by atoms with van der Waals surface area (Å²) in [4.78, 5) is 22.7. The summed E-state index contributed by atoms with van der Waals surface area (Å²) in [5.41, 5.74) is 2.38. The highest BCUT2D eigenvalue weighted by Gasteiger charge is 2.47. The zero-order chi connectivity index (χ0) is 20.7. The Morgan fingerprint density at radius 3 is 2.47 bits per heavy atom. The first-order valence-electron chi connectivity index (χ1n) is 10.8. The van der Waals surface area contributed by atoms with Crippen molar-refractivity contribution in [2.24, 2.45) is 0 Å². The molecule has 2 aromatic carbocycles. The van der Waals surface area contributed by atoms with Crippen molar-refractivity contribution in [3.05, 3.63) is 71.4 Å². The van der Waals surface area contributed by atoms with E-state index in [0.717, 1.165) is 50.4 Å². The van der Waals surface area contributed by atoms with Gasteiger partial charge in [0.1, 0.15) is 11.5 Å². The molecule has 0 atom stereocenters. The van der Waals surface area contributed by atoms with Gasteiger partial charge in [-0.3, -0.25) is 4.79 Å². The van der Waals surface area contributed by atoms with Crippen LogP contribution in [0.2, 0.25) is 0 Å². The number of piperazine rings is 1. The van der Waals surface area contributed by atoms with Gasteiger partial charge in [0.05, 0.1) is 5.54 Å². The second kappa shape index (κ2) is 7.40. The third-order valence-electron chi connectivity index (χ3n) is 6.53. The summed E-state index contributed by atoms with van der Waals surface area (Å²) in [5.74, 6) is 0.822. The number of nitrogens with one attached hydrogen (secondary N) is 1. The van der Waals surface area contributed by atoms with Gasteiger partial charge in [0.2, 0.25) is 0 Å². The molecule has 2 heterocycles. The molecule has 5 heteroatoms. The Kier molecular flexibility index (Phi) is 4.70. The number of aryl methyl sites for hydroxylation is 1. The van der Waals surface area contributed by atoms with Crippen LogP contribution >= 0.6 is 0 Å². The van der Waals surface area contributed by atoms with E-state index in [-0.39, 0.29) is 11.4 Å². The average molecular weight is 401 g/mol. The molecule has 0 bridgehead atoms. The number of rotatable bonds is 4. The predicted octanol–water partition coefficient (Wildman–Crippen LogP) is 3.71. The minimum atomic E-state index is -0.282. The fourth-order valence-electron chi connectivity index (χ4n) is 4.47. The number of amides is 1. The molecule has 0 radical (unpaired) electrons. The van der Waals surface area contributed by atoms with E-state index in [1.807, 2.05) is 19.1 Å². The van der Waals surface area contributed by atoms with Crippen molar-refractivity contribution < 1.29 is 4.79 Å². The summed E-state index contributed by atoms with van der Waals surface area (Å²) in [5, 5.41) is 5.77. The highest BCUT2D eigenvalue weighted by molar-refractivity contribution is 5.96. The number of hydrogen-bond donors (Lipinski definition) is 1. The first-order valence-corrected chi connectivity index (χ1v) is 10.8. The van der Waals surface area contributed by atoms with Crippen molar-refractivity contribution in [3.63, 3.8) is 0 Å². The van der Waals surface area contributed by atoms with Gasteiger partial charge in [0.25, 0.3) is 5.91 Å². The number of aromatic nitrogens is 1. The van der Waals surface area contributed by atoms with E-state index < -0.39 is 0 Å². The Hall–Kier alpha value is -2.92. The van der Waals surface area contributed by atoms with E-state index in [4.69, 9.17) is 4.98 Å². The van der Waals surface area contributed by atoms with Crippen LogP contribution in [0.15, 0.2) is 54.6 Å². The SMILES string of the molecule is Cc1ccc(N2CCN(C)CC2)nc1C(=O)NC1(c2cccc3ccccc23)CC1. The summed E-state index contributed by atoms with van der Waals surface area (Å²) in [6.45, 7) is 5.87. The number of hydrogen-bond acceptors (Lipinski definition) is 4. The minimum Gasteiger partial charge on any atom is -0.354 e. The Morgan fingerprint density at radius 1 is 0.967 bits per heavy atom. The van der Waals surface area contributed by atoms with Gasteiger partial charge in [-0.15, -0.1) is 0 Å². The van der Waals surface area contributed by atoms with Crippen LogP contribution < -0.4 is 10.2 Å². The summed E-state index contributed by atoms with van der Waals surface area (Å²) < 4.78 is 0. The Bertz CT molecular complexity index is 1090. The summed E-state index contributed by atoms with van der Waals surface area (Å²) >= 11 is 0. The van der Waals surface area contributed by atoms with Crippen LogP contribution in [-0.4, -0.2) is 49.0 Å². The zero-order valence-electron chi connectivity index (χ0n) is 17.7. The monoisotopic (exact) mass is 400 g/mol. The van der Waals surface area contributed by atoms with Gasteiger partial charge >= 0.3 is 0 Å². The fraction of sp³-hybridized carbons (Fsp3) is 0.360. The number of nitrogens with zero attached hydrogens (tertiary/aromatic N) is 3. The molecular formula is C25H28N4O. The molecule has 3 aromatic rings. The second-order valence-electron chi connectivity index (χ2n) is 8.69. The third-order valence-corrected chi connectivity index (χ3v) is 6.53. The van der Waals surface area contributed by atoms with Crippen LogP contribution in [0.25, 0.3) is 10.8 Å². The number of pyridine rings is 1. The van der Waals surface area contributed by atoms with E-state index in [1.54, 1.807) is 0 Å². The maximum Gasteiger partial charge on any atom is 0.270 e. The van der Waals surface area contributed by atoms with Crippen LogP contribution in [0.1, 0.15) is 34.5 Å². The normalized spacial score (nSPS) is 18.4. The Labute approximate surface area is 177 Å². The van der Waals surface area contributed by atoms with Gasteiger partial charge in [-0.2, -0.15) is 0 Å². The lowest BCUT2D eigenvalue weighted by molar-refractivity contribution is 0.0925. The van der Waals surface area contributed by atoms with Crippen LogP contribution in [-0.2, 0) is 5.54 Å². The third kappa shape index (κ3) is 3.43. The number of fused-ring (bicyclic) bond motifs is 1. The molecule has 1 amide bonds.